The smallest absolute Gasteiger partial charge is 0.134 e. The predicted molar refractivity (Wildman–Crippen MR) is 73.5 cm³/mol. The number of hydrogen-bond acceptors (Lipinski definition) is 3. The molecule has 1 unspecified atom stereocenters. The van der Waals surface area contributed by atoms with Gasteiger partial charge in [-0.25, -0.2) is 0 Å². The van der Waals surface area contributed by atoms with Gasteiger partial charge in [-0.1, -0.05) is 11.6 Å². The van der Waals surface area contributed by atoms with Crippen LogP contribution < -0.4 is 10.1 Å². The quantitative estimate of drug-likeness (QED) is 0.826. The van der Waals surface area contributed by atoms with Crippen molar-refractivity contribution in [3.05, 3.63) is 28.8 Å². The highest BCUT2D eigenvalue weighted by atomic mass is 35.5. The summed E-state index contributed by atoms with van der Waals surface area (Å²) in [5, 5.41) is 4.22. The molecule has 1 fully saturated rings. The van der Waals surface area contributed by atoms with Gasteiger partial charge in [0.2, 0.25) is 0 Å². The van der Waals surface area contributed by atoms with E-state index in [-0.39, 0.29) is 6.10 Å². The molecule has 0 heterocycles. The molecule has 1 saturated carbocycles. The SMILES string of the molecule is COCC(CNC1CC1)Oc1ccc(Cl)c(C)c1. The summed E-state index contributed by atoms with van der Waals surface area (Å²) in [6, 6.07) is 6.40. The summed E-state index contributed by atoms with van der Waals surface area (Å²) in [6.45, 7) is 3.38. The minimum absolute atomic E-state index is 0.0381. The Labute approximate surface area is 113 Å². The maximum absolute atomic E-state index is 6.00. The number of rotatable bonds is 7. The Balaban J connectivity index is 1.90. The largest absolute Gasteiger partial charge is 0.487 e. The van der Waals surface area contributed by atoms with E-state index in [0.29, 0.717) is 12.6 Å². The minimum atomic E-state index is 0.0381. The summed E-state index contributed by atoms with van der Waals surface area (Å²) in [5.41, 5.74) is 1.03. The fourth-order valence-corrected chi connectivity index (χ4v) is 1.91. The van der Waals surface area contributed by atoms with Gasteiger partial charge in [-0.2, -0.15) is 0 Å². The fourth-order valence-electron chi connectivity index (χ4n) is 1.79. The molecular weight excluding hydrogens is 250 g/mol. The highest BCUT2D eigenvalue weighted by Crippen LogP contribution is 2.22. The Hall–Kier alpha value is -0.770. The molecule has 1 aromatic carbocycles. The summed E-state index contributed by atoms with van der Waals surface area (Å²) in [7, 11) is 1.70. The zero-order valence-electron chi connectivity index (χ0n) is 10.9. The van der Waals surface area contributed by atoms with Crippen LogP contribution in [0.15, 0.2) is 18.2 Å². The summed E-state index contributed by atoms with van der Waals surface area (Å²) in [4.78, 5) is 0. The van der Waals surface area contributed by atoms with Gasteiger partial charge in [-0.15, -0.1) is 0 Å². The third-order valence-electron chi connectivity index (χ3n) is 3.00. The second kappa shape index (κ2) is 6.41. The van der Waals surface area contributed by atoms with Crippen molar-refractivity contribution >= 4 is 11.6 Å². The number of ether oxygens (including phenoxy) is 2. The summed E-state index contributed by atoms with van der Waals surface area (Å²) in [5.74, 6) is 0.844. The fraction of sp³-hybridized carbons (Fsp3) is 0.571. The van der Waals surface area contributed by atoms with Crippen molar-refractivity contribution in [2.24, 2.45) is 0 Å². The van der Waals surface area contributed by atoms with Crippen molar-refractivity contribution in [3.63, 3.8) is 0 Å². The number of halogens is 1. The lowest BCUT2D eigenvalue weighted by molar-refractivity contribution is 0.0803. The molecule has 0 aliphatic heterocycles. The lowest BCUT2D eigenvalue weighted by Gasteiger charge is -2.19. The summed E-state index contributed by atoms with van der Waals surface area (Å²) >= 11 is 6.00. The molecule has 0 radical (unpaired) electrons. The second-order valence-electron chi connectivity index (χ2n) is 4.79. The maximum atomic E-state index is 6.00. The van der Waals surface area contributed by atoms with Gasteiger partial charge in [0.1, 0.15) is 11.9 Å². The molecule has 0 saturated heterocycles. The van der Waals surface area contributed by atoms with E-state index in [9.17, 15) is 0 Å². The van der Waals surface area contributed by atoms with Crippen LogP contribution in [-0.2, 0) is 4.74 Å². The van der Waals surface area contributed by atoms with Crippen LogP contribution in [-0.4, -0.2) is 32.4 Å². The Bertz CT molecular complexity index is 393. The van der Waals surface area contributed by atoms with Crippen molar-refractivity contribution in [3.8, 4) is 5.75 Å². The Kier molecular flexibility index (Phi) is 4.87. The van der Waals surface area contributed by atoms with Crippen LogP contribution in [0.4, 0.5) is 0 Å². The molecule has 0 spiro atoms. The van der Waals surface area contributed by atoms with Gasteiger partial charge < -0.3 is 14.8 Å². The third-order valence-corrected chi connectivity index (χ3v) is 3.42. The summed E-state index contributed by atoms with van der Waals surface area (Å²) in [6.07, 6.45) is 2.59. The first-order chi connectivity index (χ1) is 8.69. The van der Waals surface area contributed by atoms with E-state index in [2.05, 4.69) is 5.32 Å². The Morgan fingerprint density at radius 3 is 2.83 bits per heavy atom. The van der Waals surface area contributed by atoms with Gasteiger partial charge >= 0.3 is 0 Å². The van der Waals surface area contributed by atoms with Crippen molar-refractivity contribution in [2.75, 3.05) is 20.3 Å². The van der Waals surface area contributed by atoms with Gasteiger partial charge in [0, 0.05) is 24.7 Å². The minimum Gasteiger partial charge on any atom is -0.487 e. The van der Waals surface area contributed by atoms with E-state index in [1.54, 1.807) is 7.11 Å². The lowest BCUT2D eigenvalue weighted by Crippen LogP contribution is -2.35. The molecule has 0 aromatic heterocycles. The topological polar surface area (TPSA) is 30.5 Å². The molecule has 1 aliphatic carbocycles. The van der Waals surface area contributed by atoms with Crippen LogP contribution in [0.25, 0.3) is 0 Å². The van der Waals surface area contributed by atoms with Gasteiger partial charge in [-0.3, -0.25) is 0 Å². The van der Waals surface area contributed by atoms with Crippen LogP contribution >= 0.6 is 11.6 Å². The molecule has 1 aliphatic rings. The Morgan fingerprint density at radius 1 is 1.44 bits per heavy atom. The van der Waals surface area contributed by atoms with E-state index >= 15 is 0 Å². The number of nitrogens with one attached hydrogen (secondary N) is 1. The average molecular weight is 270 g/mol. The number of hydrogen-bond donors (Lipinski definition) is 1. The predicted octanol–water partition coefficient (Wildman–Crippen LogP) is 2.79. The molecule has 1 atom stereocenters. The van der Waals surface area contributed by atoms with Crippen molar-refractivity contribution in [1.29, 1.82) is 0 Å². The number of benzene rings is 1. The van der Waals surface area contributed by atoms with Crippen LogP contribution in [0.5, 0.6) is 5.75 Å². The van der Waals surface area contributed by atoms with Gasteiger partial charge in [-0.05, 0) is 43.5 Å². The summed E-state index contributed by atoms with van der Waals surface area (Å²) < 4.78 is 11.1. The van der Waals surface area contributed by atoms with Crippen LogP contribution in [0.1, 0.15) is 18.4 Å². The second-order valence-corrected chi connectivity index (χ2v) is 5.20. The van der Waals surface area contributed by atoms with E-state index in [1.165, 1.54) is 12.8 Å². The Morgan fingerprint density at radius 2 is 2.22 bits per heavy atom. The molecule has 18 heavy (non-hydrogen) atoms. The number of aryl methyl sites for hydroxylation is 1. The first-order valence-electron chi connectivity index (χ1n) is 6.34. The molecule has 100 valence electrons. The maximum Gasteiger partial charge on any atom is 0.134 e. The standard InChI is InChI=1S/C14H20ClNO2/c1-10-7-12(5-6-14(10)15)18-13(9-17-2)8-16-11-3-4-11/h5-7,11,13,16H,3-4,8-9H2,1-2H3. The zero-order chi connectivity index (χ0) is 13.0. The van der Waals surface area contributed by atoms with Gasteiger partial charge in [0.25, 0.3) is 0 Å². The van der Waals surface area contributed by atoms with Crippen molar-refractivity contribution in [2.45, 2.75) is 31.9 Å². The highest BCUT2D eigenvalue weighted by molar-refractivity contribution is 6.31. The van der Waals surface area contributed by atoms with Crippen LogP contribution in [0, 0.1) is 6.92 Å². The normalized spacial score (nSPS) is 16.6. The lowest BCUT2D eigenvalue weighted by atomic mass is 10.2. The van der Waals surface area contributed by atoms with Crippen LogP contribution in [0.3, 0.4) is 0 Å². The van der Waals surface area contributed by atoms with Crippen LogP contribution in [0.2, 0.25) is 5.02 Å². The molecule has 3 nitrogen and oxygen atoms in total. The first-order valence-corrected chi connectivity index (χ1v) is 6.72. The first kappa shape index (κ1) is 13.7. The van der Waals surface area contributed by atoms with Gasteiger partial charge in [0.15, 0.2) is 0 Å². The molecule has 2 rings (SSSR count). The average Bonchev–Trinajstić information content (AvgIpc) is 3.15. The van der Waals surface area contributed by atoms with Gasteiger partial charge in [0.05, 0.1) is 6.61 Å². The van der Waals surface area contributed by atoms with Crippen molar-refractivity contribution < 1.29 is 9.47 Å². The van der Waals surface area contributed by atoms with E-state index in [1.807, 2.05) is 25.1 Å². The molecule has 1 N–H and O–H groups in total. The molecule has 0 amide bonds. The number of methoxy groups -OCH3 is 1. The molecule has 0 bridgehead atoms. The molecule has 1 aromatic rings. The van der Waals surface area contributed by atoms with E-state index < -0.39 is 0 Å². The van der Waals surface area contributed by atoms with Crippen molar-refractivity contribution in [1.82, 2.24) is 5.32 Å². The third kappa shape index (κ3) is 4.16. The van der Waals surface area contributed by atoms with E-state index in [0.717, 1.165) is 22.9 Å². The molecular formula is C14H20ClNO2. The zero-order valence-corrected chi connectivity index (χ0v) is 11.7. The highest BCUT2D eigenvalue weighted by Gasteiger charge is 2.22. The van der Waals surface area contributed by atoms with E-state index in [4.69, 9.17) is 21.1 Å². The monoisotopic (exact) mass is 269 g/mol. The molecule has 4 heteroatoms.